The molecule has 1 aromatic heterocycles. The minimum Gasteiger partial charge on any atom is -0.481 e. The van der Waals surface area contributed by atoms with Crippen LogP contribution in [0.3, 0.4) is 0 Å². The molecule has 0 radical (unpaired) electrons. The number of carboxylic acid groups (broad SMARTS) is 1. The van der Waals surface area contributed by atoms with E-state index in [4.69, 9.17) is 0 Å². The van der Waals surface area contributed by atoms with E-state index >= 15 is 0 Å². The van der Waals surface area contributed by atoms with Crippen LogP contribution in [0.25, 0.3) is 0 Å². The van der Waals surface area contributed by atoms with Gasteiger partial charge in [0.15, 0.2) is 0 Å². The highest BCUT2D eigenvalue weighted by atomic mass is 32.1. The van der Waals surface area contributed by atoms with Gasteiger partial charge in [-0.2, -0.15) is 11.3 Å². The topological polar surface area (TPSA) is 47.0 Å². The van der Waals surface area contributed by atoms with E-state index in [2.05, 4.69) is 45.4 Å². The standard InChI is InChI=1S/C17H27N3O2S/c1-13(2)20-9-15(17(21)22)8-19-5-4-18(10-16(19)11-20)7-14-3-6-23-12-14/h3,6,12-13,15-16H,4-5,7-11H2,1-2H3,(H,21,22)/t15-,16-/m0/s1. The molecule has 6 heteroatoms. The number of hydrogen-bond donors (Lipinski definition) is 1. The first-order chi connectivity index (χ1) is 11.0. The highest BCUT2D eigenvalue weighted by Gasteiger charge is 2.36. The molecule has 2 atom stereocenters. The number of nitrogens with zero attached hydrogens (tertiary/aromatic N) is 3. The second-order valence-electron chi connectivity index (χ2n) is 7.10. The largest absolute Gasteiger partial charge is 0.481 e. The van der Waals surface area contributed by atoms with Gasteiger partial charge in [0.1, 0.15) is 0 Å². The van der Waals surface area contributed by atoms with Crippen LogP contribution < -0.4 is 0 Å². The molecule has 0 amide bonds. The summed E-state index contributed by atoms with van der Waals surface area (Å²) in [7, 11) is 0. The van der Waals surface area contributed by atoms with Crippen LogP contribution in [-0.4, -0.2) is 77.1 Å². The lowest BCUT2D eigenvalue weighted by Gasteiger charge is -2.41. The second kappa shape index (κ2) is 7.30. The van der Waals surface area contributed by atoms with Gasteiger partial charge in [-0.1, -0.05) is 0 Å². The summed E-state index contributed by atoms with van der Waals surface area (Å²) < 4.78 is 0. The second-order valence-corrected chi connectivity index (χ2v) is 7.88. The van der Waals surface area contributed by atoms with Gasteiger partial charge in [0, 0.05) is 57.9 Å². The third kappa shape index (κ3) is 4.12. The molecule has 1 aromatic rings. The van der Waals surface area contributed by atoms with E-state index in [-0.39, 0.29) is 5.92 Å². The Kier molecular flexibility index (Phi) is 5.36. The summed E-state index contributed by atoms with van der Waals surface area (Å²) in [5.41, 5.74) is 1.39. The third-order valence-corrected chi connectivity index (χ3v) is 5.84. The molecule has 0 unspecified atom stereocenters. The number of aliphatic carboxylic acids is 1. The molecule has 3 heterocycles. The average molecular weight is 337 g/mol. The molecule has 1 N–H and O–H groups in total. The molecule has 0 saturated carbocycles. The lowest BCUT2D eigenvalue weighted by molar-refractivity contribution is -0.142. The van der Waals surface area contributed by atoms with E-state index in [0.29, 0.717) is 25.2 Å². The van der Waals surface area contributed by atoms with Crippen LogP contribution in [0, 0.1) is 5.92 Å². The molecular weight excluding hydrogens is 310 g/mol. The number of piperazine rings is 1. The number of thiophene rings is 1. The fraction of sp³-hybridized carbons (Fsp3) is 0.706. The highest BCUT2D eigenvalue weighted by molar-refractivity contribution is 7.07. The lowest BCUT2D eigenvalue weighted by atomic mass is 10.1. The van der Waals surface area contributed by atoms with Crippen molar-refractivity contribution in [1.29, 1.82) is 0 Å². The average Bonchev–Trinajstić information content (AvgIpc) is 2.92. The summed E-state index contributed by atoms with van der Waals surface area (Å²) in [6, 6.07) is 3.03. The van der Waals surface area contributed by atoms with Crippen LogP contribution in [-0.2, 0) is 11.3 Å². The summed E-state index contributed by atoms with van der Waals surface area (Å²) >= 11 is 1.75. The maximum Gasteiger partial charge on any atom is 0.309 e. The van der Waals surface area contributed by atoms with Crippen molar-refractivity contribution in [2.45, 2.75) is 32.5 Å². The minimum atomic E-state index is -0.656. The molecule has 128 valence electrons. The lowest BCUT2D eigenvalue weighted by Crippen LogP contribution is -2.56. The summed E-state index contributed by atoms with van der Waals surface area (Å²) in [5.74, 6) is -0.928. The molecule has 0 aromatic carbocycles. The van der Waals surface area contributed by atoms with Gasteiger partial charge in [-0.15, -0.1) is 0 Å². The smallest absolute Gasteiger partial charge is 0.309 e. The summed E-state index contributed by atoms with van der Waals surface area (Å²) in [6.45, 7) is 10.7. The van der Waals surface area contributed by atoms with E-state index in [0.717, 1.165) is 32.7 Å². The van der Waals surface area contributed by atoms with Crippen molar-refractivity contribution in [1.82, 2.24) is 14.7 Å². The third-order valence-electron chi connectivity index (χ3n) is 5.11. The maximum absolute atomic E-state index is 11.6. The van der Waals surface area contributed by atoms with Crippen LogP contribution in [0.1, 0.15) is 19.4 Å². The van der Waals surface area contributed by atoms with Crippen LogP contribution in [0.15, 0.2) is 16.8 Å². The van der Waals surface area contributed by atoms with Crippen molar-refractivity contribution in [2.75, 3.05) is 39.3 Å². The SMILES string of the molecule is CC(C)N1C[C@@H](C(=O)O)CN2CCN(Cc3ccsc3)C[C@H]2C1. The molecule has 5 nitrogen and oxygen atoms in total. The Balaban J connectivity index is 1.68. The van der Waals surface area contributed by atoms with Crippen molar-refractivity contribution < 1.29 is 9.90 Å². The number of hydrogen-bond acceptors (Lipinski definition) is 5. The molecule has 0 bridgehead atoms. The monoisotopic (exact) mass is 337 g/mol. The zero-order chi connectivity index (χ0) is 16.4. The number of carboxylic acids is 1. The van der Waals surface area contributed by atoms with Gasteiger partial charge in [0.05, 0.1) is 5.92 Å². The molecule has 3 rings (SSSR count). The molecule has 2 aliphatic rings. The van der Waals surface area contributed by atoms with Crippen LogP contribution in [0.4, 0.5) is 0 Å². The first kappa shape index (κ1) is 16.9. The molecule has 2 fully saturated rings. The van der Waals surface area contributed by atoms with Gasteiger partial charge in [-0.3, -0.25) is 19.5 Å². The Morgan fingerprint density at radius 1 is 1.30 bits per heavy atom. The Bertz CT molecular complexity index is 520. The highest BCUT2D eigenvalue weighted by Crippen LogP contribution is 2.22. The molecule has 2 saturated heterocycles. The molecule has 23 heavy (non-hydrogen) atoms. The van der Waals surface area contributed by atoms with E-state index in [9.17, 15) is 9.90 Å². The zero-order valence-corrected chi connectivity index (χ0v) is 14.8. The predicted octanol–water partition coefficient (Wildman–Crippen LogP) is 1.66. The fourth-order valence-corrected chi connectivity index (χ4v) is 4.36. The molecule has 0 spiro atoms. The van der Waals surface area contributed by atoms with Gasteiger partial charge in [-0.25, -0.2) is 0 Å². The summed E-state index contributed by atoms with van der Waals surface area (Å²) in [4.78, 5) is 18.8. The first-order valence-electron chi connectivity index (χ1n) is 8.47. The number of rotatable bonds is 4. The predicted molar refractivity (Wildman–Crippen MR) is 92.8 cm³/mol. The molecular formula is C17H27N3O2S. The summed E-state index contributed by atoms with van der Waals surface area (Å²) in [6.07, 6.45) is 0. The Morgan fingerprint density at radius 3 is 2.78 bits per heavy atom. The van der Waals surface area contributed by atoms with Gasteiger partial charge in [0.25, 0.3) is 0 Å². The number of carbonyl (C=O) groups is 1. The normalized spacial score (nSPS) is 27.8. The van der Waals surface area contributed by atoms with Gasteiger partial charge in [-0.05, 0) is 36.2 Å². The molecule has 2 aliphatic heterocycles. The van der Waals surface area contributed by atoms with Crippen molar-refractivity contribution >= 4 is 17.3 Å². The van der Waals surface area contributed by atoms with Crippen molar-refractivity contribution in [2.24, 2.45) is 5.92 Å². The number of fused-ring (bicyclic) bond motifs is 1. The quantitative estimate of drug-likeness (QED) is 0.905. The maximum atomic E-state index is 11.6. The van der Waals surface area contributed by atoms with Gasteiger partial charge in [0.2, 0.25) is 0 Å². The van der Waals surface area contributed by atoms with Crippen LogP contribution >= 0.6 is 11.3 Å². The first-order valence-corrected chi connectivity index (χ1v) is 9.41. The Hall–Kier alpha value is -0.950. The van der Waals surface area contributed by atoms with E-state index in [1.54, 1.807) is 11.3 Å². The van der Waals surface area contributed by atoms with Crippen LogP contribution in [0.2, 0.25) is 0 Å². The Morgan fingerprint density at radius 2 is 2.13 bits per heavy atom. The van der Waals surface area contributed by atoms with E-state index < -0.39 is 5.97 Å². The van der Waals surface area contributed by atoms with E-state index in [1.165, 1.54) is 5.56 Å². The summed E-state index contributed by atoms with van der Waals surface area (Å²) in [5, 5.41) is 13.9. The Labute approximate surface area is 142 Å². The van der Waals surface area contributed by atoms with Gasteiger partial charge >= 0.3 is 5.97 Å². The zero-order valence-electron chi connectivity index (χ0n) is 14.0. The fourth-order valence-electron chi connectivity index (χ4n) is 3.70. The van der Waals surface area contributed by atoms with Gasteiger partial charge < -0.3 is 5.11 Å². The van der Waals surface area contributed by atoms with E-state index in [1.807, 2.05) is 0 Å². The molecule has 0 aliphatic carbocycles. The van der Waals surface area contributed by atoms with Crippen molar-refractivity contribution in [3.63, 3.8) is 0 Å². The van der Waals surface area contributed by atoms with Crippen molar-refractivity contribution in [3.05, 3.63) is 22.4 Å². The minimum absolute atomic E-state index is 0.272. The van der Waals surface area contributed by atoms with Crippen LogP contribution in [0.5, 0.6) is 0 Å². The van der Waals surface area contributed by atoms with Crippen molar-refractivity contribution in [3.8, 4) is 0 Å².